The molecular weight excluding hydrogens is 498 g/mol. The summed E-state index contributed by atoms with van der Waals surface area (Å²) in [4.78, 5) is 47.5. The molecule has 1 aliphatic heterocycles. The molecule has 12 heteroatoms. The van der Waals surface area contributed by atoms with Crippen molar-refractivity contribution in [2.24, 2.45) is 0 Å². The highest BCUT2D eigenvalue weighted by molar-refractivity contribution is 8.18. The minimum Gasteiger partial charge on any atom is -0.449 e. The molecule has 4 rings (SSSR count). The Bertz CT molecular complexity index is 1390. The van der Waals surface area contributed by atoms with Gasteiger partial charge in [-0.05, 0) is 47.7 Å². The Morgan fingerprint density at radius 1 is 0.943 bits per heavy atom. The van der Waals surface area contributed by atoms with Crippen LogP contribution in [-0.4, -0.2) is 25.9 Å². The van der Waals surface area contributed by atoms with Gasteiger partial charge in [0.1, 0.15) is 5.75 Å². The van der Waals surface area contributed by atoms with Gasteiger partial charge in [-0.25, -0.2) is 0 Å². The lowest BCUT2D eigenvalue weighted by molar-refractivity contribution is -0.394. The molecule has 0 N–H and O–H groups in total. The number of hydrogen-bond acceptors (Lipinski definition) is 8. The molecule has 0 aromatic heterocycles. The SMILES string of the molecule is O=C1S/C(=C/c2ccccc2Oc2ccc([N+](=O)[O-])cc2[N+](=O)[O-])C(=O)N1Cc1ccc(Cl)cc1. The van der Waals surface area contributed by atoms with Crippen LogP contribution in [0.15, 0.2) is 71.6 Å². The first kappa shape index (κ1) is 23.9. The molecule has 0 bridgehead atoms. The van der Waals surface area contributed by atoms with Gasteiger partial charge in [0.05, 0.1) is 27.4 Å². The molecular formula is C23H14ClN3O7S. The quantitative estimate of drug-likeness (QED) is 0.208. The van der Waals surface area contributed by atoms with E-state index in [9.17, 15) is 29.8 Å². The summed E-state index contributed by atoms with van der Waals surface area (Å²) < 4.78 is 5.70. The Kier molecular flexibility index (Phi) is 6.80. The number of imide groups is 1. The molecule has 3 aromatic rings. The Hall–Kier alpha value is -4.22. The predicted octanol–water partition coefficient (Wildman–Crippen LogP) is 6.19. The summed E-state index contributed by atoms with van der Waals surface area (Å²) in [7, 11) is 0. The highest BCUT2D eigenvalue weighted by Crippen LogP contribution is 2.38. The van der Waals surface area contributed by atoms with Gasteiger partial charge in [0, 0.05) is 16.7 Å². The molecule has 0 spiro atoms. The first-order chi connectivity index (χ1) is 16.7. The predicted molar refractivity (Wildman–Crippen MR) is 129 cm³/mol. The van der Waals surface area contributed by atoms with Crippen LogP contribution in [0.5, 0.6) is 11.5 Å². The molecule has 0 unspecified atom stereocenters. The number of nitrogens with zero attached hydrogens (tertiary/aromatic N) is 3. The fourth-order valence-corrected chi connectivity index (χ4v) is 4.16. The number of benzene rings is 3. The lowest BCUT2D eigenvalue weighted by Gasteiger charge is -2.12. The van der Waals surface area contributed by atoms with Gasteiger partial charge in [0.25, 0.3) is 16.8 Å². The largest absolute Gasteiger partial charge is 0.449 e. The van der Waals surface area contributed by atoms with Crippen LogP contribution >= 0.6 is 23.4 Å². The summed E-state index contributed by atoms with van der Waals surface area (Å²) in [5.41, 5.74) is 0.0771. The number of nitro benzene ring substituents is 2. The summed E-state index contributed by atoms with van der Waals surface area (Å²) in [5.74, 6) is -0.544. The number of non-ortho nitro benzene ring substituents is 1. The molecule has 1 fully saturated rings. The van der Waals surface area contributed by atoms with Gasteiger partial charge in [-0.1, -0.05) is 41.9 Å². The van der Waals surface area contributed by atoms with Crippen LogP contribution in [0.2, 0.25) is 5.02 Å². The summed E-state index contributed by atoms with van der Waals surface area (Å²) in [6, 6.07) is 16.2. The molecule has 1 heterocycles. The summed E-state index contributed by atoms with van der Waals surface area (Å²) in [5, 5.41) is 22.5. The summed E-state index contributed by atoms with van der Waals surface area (Å²) in [6.07, 6.45) is 1.46. The molecule has 0 atom stereocenters. The van der Waals surface area contributed by atoms with Crippen LogP contribution in [0.1, 0.15) is 11.1 Å². The standard InChI is InChI=1S/C23H14ClN3O7S/c24-16-7-5-14(6-8-16)13-25-22(28)21(35-23(25)29)11-15-3-1-2-4-19(15)34-20-10-9-17(26(30)31)12-18(20)27(32)33/h1-12H,13H2/b21-11+. The van der Waals surface area contributed by atoms with Gasteiger partial charge in [0.2, 0.25) is 5.75 Å². The third-order valence-corrected chi connectivity index (χ3v) is 6.06. The lowest BCUT2D eigenvalue weighted by Crippen LogP contribution is -2.27. The van der Waals surface area contributed by atoms with E-state index in [1.807, 2.05) is 0 Å². The molecule has 1 saturated heterocycles. The Morgan fingerprint density at radius 2 is 1.66 bits per heavy atom. The minimum absolute atomic E-state index is 0.0757. The second-order valence-corrected chi connectivity index (χ2v) is 8.63. The van der Waals surface area contributed by atoms with Gasteiger partial charge < -0.3 is 4.74 Å². The van der Waals surface area contributed by atoms with E-state index in [4.69, 9.17) is 16.3 Å². The molecule has 176 valence electrons. The van der Waals surface area contributed by atoms with E-state index in [0.717, 1.165) is 40.4 Å². The maximum atomic E-state index is 12.9. The number of thioether (sulfide) groups is 1. The third kappa shape index (κ3) is 5.31. The van der Waals surface area contributed by atoms with E-state index < -0.39 is 32.4 Å². The first-order valence-electron chi connectivity index (χ1n) is 9.92. The van der Waals surface area contributed by atoms with Crippen molar-refractivity contribution >= 4 is 52.0 Å². The van der Waals surface area contributed by atoms with Crippen LogP contribution in [0.3, 0.4) is 0 Å². The Morgan fingerprint density at radius 3 is 2.34 bits per heavy atom. The van der Waals surface area contributed by atoms with Crippen LogP contribution in [-0.2, 0) is 11.3 Å². The highest BCUT2D eigenvalue weighted by Gasteiger charge is 2.35. The van der Waals surface area contributed by atoms with Crippen molar-refractivity contribution in [1.82, 2.24) is 4.90 Å². The number of ether oxygens (including phenoxy) is 1. The average Bonchev–Trinajstić information content (AvgIpc) is 3.09. The van der Waals surface area contributed by atoms with E-state index in [2.05, 4.69) is 0 Å². The second kappa shape index (κ2) is 9.95. The number of amides is 2. The van der Waals surface area contributed by atoms with Crippen LogP contribution in [0, 0.1) is 20.2 Å². The lowest BCUT2D eigenvalue weighted by atomic mass is 10.1. The number of para-hydroxylation sites is 1. The minimum atomic E-state index is -0.785. The van der Waals surface area contributed by atoms with E-state index >= 15 is 0 Å². The van der Waals surface area contributed by atoms with Gasteiger partial charge in [-0.15, -0.1) is 0 Å². The van der Waals surface area contributed by atoms with Crippen LogP contribution in [0.4, 0.5) is 16.2 Å². The van der Waals surface area contributed by atoms with Crippen molar-refractivity contribution in [3.05, 3.63) is 108 Å². The van der Waals surface area contributed by atoms with E-state index in [-0.39, 0.29) is 22.9 Å². The number of carbonyl (C=O) groups excluding carboxylic acids is 2. The fourth-order valence-electron chi connectivity index (χ4n) is 3.21. The zero-order valence-corrected chi connectivity index (χ0v) is 19.2. The highest BCUT2D eigenvalue weighted by atomic mass is 35.5. The number of hydrogen-bond donors (Lipinski definition) is 0. The number of carbonyl (C=O) groups is 2. The third-order valence-electron chi connectivity index (χ3n) is 4.90. The topological polar surface area (TPSA) is 133 Å². The van der Waals surface area contributed by atoms with Crippen LogP contribution < -0.4 is 4.74 Å². The molecule has 10 nitrogen and oxygen atoms in total. The zero-order chi connectivity index (χ0) is 25.1. The van der Waals surface area contributed by atoms with Crippen molar-refractivity contribution in [2.75, 3.05) is 0 Å². The number of halogens is 1. The van der Waals surface area contributed by atoms with Gasteiger partial charge >= 0.3 is 5.69 Å². The zero-order valence-electron chi connectivity index (χ0n) is 17.6. The molecule has 0 radical (unpaired) electrons. The van der Waals surface area contributed by atoms with Crippen molar-refractivity contribution in [1.29, 1.82) is 0 Å². The van der Waals surface area contributed by atoms with Crippen LogP contribution in [0.25, 0.3) is 6.08 Å². The maximum absolute atomic E-state index is 12.9. The average molecular weight is 512 g/mol. The van der Waals surface area contributed by atoms with E-state index in [1.165, 1.54) is 12.1 Å². The summed E-state index contributed by atoms with van der Waals surface area (Å²) in [6.45, 7) is 0.0757. The molecule has 35 heavy (non-hydrogen) atoms. The Balaban J connectivity index is 1.61. The number of rotatable bonds is 7. The molecule has 0 aliphatic carbocycles. The molecule has 1 aliphatic rings. The molecule has 2 amide bonds. The fraction of sp³-hybridized carbons (Fsp3) is 0.0435. The Labute approximate surface area is 207 Å². The first-order valence-corrected chi connectivity index (χ1v) is 11.1. The molecule has 0 saturated carbocycles. The van der Waals surface area contributed by atoms with E-state index in [0.29, 0.717) is 10.6 Å². The second-order valence-electron chi connectivity index (χ2n) is 7.20. The van der Waals surface area contributed by atoms with Crippen molar-refractivity contribution in [3.8, 4) is 11.5 Å². The van der Waals surface area contributed by atoms with Crippen molar-refractivity contribution in [2.45, 2.75) is 6.54 Å². The van der Waals surface area contributed by atoms with Gasteiger partial charge in [0.15, 0.2) is 0 Å². The van der Waals surface area contributed by atoms with E-state index in [1.54, 1.807) is 42.5 Å². The molecule has 3 aromatic carbocycles. The van der Waals surface area contributed by atoms with Gasteiger partial charge in [-0.2, -0.15) is 0 Å². The maximum Gasteiger partial charge on any atom is 0.318 e. The summed E-state index contributed by atoms with van der Waals surface area (Å²) >= 11 is 6.64. The van der Waals surface area contributed by atoms with Crippen molar-refractivity contribution < 1.29 is 24.2 Å². The monoisotopic (exact) mass is 511 g/mol. The number of nitro groups is 2. The van der Waals surface area contributed by atoms with Crippen molar-refractivity contribution in [3.63, 3.8) is 0 Å². The normalized spacial score (nSPS) is 14.4. The van der Waals surface area contributed by atoms with Gasteiger partial charge in [-0.3, -0.25) is 34.7 Å². The smallest absolute Gasteiger partial charge is 0.318 e.